The number of H-pyrrole nitrogens is 1. The van der Waals surface area contributed by atoms with Gasteiger partial charge in [0.2, 0.25) is 0 Å². The first kappa shape index (κ1) is 14.1. The Bertz CT molecular complexity index is 722. The van der Waals surface area contributed by atoms with Crippen molar-refractivity contribution in [3.8, 4) is 0 Å². The lowest BCUT2D eigenvalue weighted by Crippen LogP contribution is -2.35. The van der Waals surface area contributed by atoms with Gasteiger partial charge in [-0.25, -0.2) is 0 Å². The van der Waals surface area contributed by atoms with Crippen LogP contribution in [0.4, 0.5) is 0 Å². The van der Waals surface area contributed by atoms with Crippen LogP contribution >= 0.6 is 15.9 Å². The Balaban J connectivity index is 1.87. The van der Waals surface area contributed by atoms with E-state index < -0.39 is 0 Å². The lowest BCUT2D eigenvalue weighted by molar-refractivity contribution is 0.0728. The van der Waals surface area contributed by atoms with Crippen molar-refractivity contribution in [1.82, 2.24) is 9.88 Å². The highest BCUT2D eigenvalue weighted by atomic mass is 79.9. The summed E-state index contributed by atoms with van der Waals surface area (Å²) < 4.78 is 0.987. The van der Waals surface area contributed by atoms with Gasteiger partial charge >= 0.3 is 0 Å². The maximum Gasteiger partial charge on any atom is 0.260 e. The molecule has 0 aliphatic heterocycles. The molecule has 1 aliphatic carbocycles. The second-order valence-corrected chi connectivity index (χ2v) is 6.12. The molecule has 1 aliphatic rings. The highest BCUT2D eigenvalue weighted by Crippen LogP contribution is 2.29. The third-order valence-corrected chi connectivity index (χ3v) is 4.03. The van der Waals surface area contributed by atoms with Crippen LogP contribution in [0.25, 0.3) is 0 Å². The zero-order valence-corrected chi connectivity index (χ0v) is 13.0. The molecule has 0 radical (unpaired) electrons. The van der Waals surface area contributed by atoms with Gasteiger partial charge in [0, 0.05) is 23.3 Å². The number of amides is 1. The van der Waals surface area contributed by atoms with Crippen molar-refractivity contribution in [2.24, 2.45) is 0 Å². The summed E-state index contributed by atoms with van der Waals surface area (Å²) in [7, 11) is 0. The summed E-state index contributed by atoms with van der Waals surface area (Å²) in [6.45, 7) is 0.525. The number of aromatic amines is 1. The SMILES string of the molecule is O=C(c1ccc[nH]c1=O)N(Cc1cccc(Br)c1)C1CC1. The van der Waals surface area contributed by atoms with Gasteiger partial charge < -0.3 is 9.88 Å². The highest BCUT2D eigenvalue weighted by Gasteiger charge is 2.33. The van der Waals surface area contributed by atoms with Gasteiger partial charge in [-0.1, -0.05) is 28.1 Å². The first-order valence-corrected chi connectivity index (χ1v) is 7.67. The van der Waals surface area contributed by atoms with E-state index in [-0.39, 0.29) is 23.1 Å². The van der Waals surface area contributed by atoms with Crippen LogP contribution in [0.5, 0.6) is 0 Å². The first-order valence-electron chi connectivity index (χ1n) is 6.88. The number of hydrogen-bond acceptors (Lipinski definition) is 2. The van der Waals surface area contributed by atoms with Crippen molar-refractivity contribution in [1.29, 1.82) is 0 Å². The van der Waals surface area contributed by atoms with Crippen LogP contribution in [0.15, 0.2) is 51.9 Å². The van der Waals surface area contributed by atoms with Gasteiger partial charge in [0.15, 0.2) is 0 Å². The fourth-order valence-corrected chi connectivity index (χ4v) is 2.78. The molecule has 1 N–H and O–H groups in total. The quantitative estimate of drug-likeness (QED) is 0.925. The van der Waals surface area contributed by atoms with Crippen molar-refractivity contribution >= 4 is 21.8 Å². The molecule has 1 aromatic carbocycles. The van der Waals surface area contributed by atoms with Gasteiger partial charge in [-0.05, 0) is 42.7 Å². The van der Waals surface area contributed by atoms with Gasteiger partial charge in [-0.15, -0.1) is 0 Å². The summed E-state index contributed by atoms with van der Waals surface area (Å²) in [6.07, 6.45) is 3.55. The summed E-state index contributed by atoms with van der Waals surface area (Å²) in [5.41, 5.74) is 0.929. The van der Waals surface area contributed by atoms with Crippen LogP contribution in [-0.2, 0) is 6.54 Å². The Morgan fingerprint density at radius 3 is 2.76 bits per heavy atom. The summed E-state index contributed by atoms with van der Waals surface area (Å²) in [4.78, 5) is 28.8. The van der Waals surface area contributed by atoms with Crippen LogP contribution in [0.3, 0.4) is 0 Å². The van der Waals surface area contributed by atoms with E-state index in [1.165, 1.54) is 6.20 Å². The number of hydrogen-bond donors (Lipinski definition) is 1. The third kappa shape index (κ3) is 3.24. The molecule has 0 atom stereocenters. The fraction of sp³-hybridized carbons (Fsp3) is 0.250. The largest absolute Gasteiger partial charge is 0.331 e. The molecule has 0 saturated heterocycles. The monoisotopic (exact) mass is 346 g/mol. The Kier molecular flexibility index (Phi) is 3.92. The predicted molar refractivity (Wildman–Crippen MR) is 84.1 cm³/mol. The Hall–Kier alpha value is -1.88. The zero-order chi connectivity index (χ0) is 14.8. The maximum absolute atomic E-state index is 12.6. The normalized spacial score (nSPS) is 14.0. The van der Waals surface area contributed by atoms with Crippen molar-refractivity contribution < 1.29 is 4.79 Å². The van der Waals surface area contributed by atoms with E-state index in [0.29, 0.717) is 6.54 Å². The smallest absolute Gasteiger partial charge is 0.260 e. The number of rotatable bonds is 4. The second-order valence-electron chi connectivity index (χ2n) is 5.21. The summed E-state index contributed by atoms with van der Waals surface area (Å²) in [5.74, 6) is -0.195. The van der Waals surface area contributed by atoms with Gasteiger partial charge in [-0.2, -0.15) is 0 Å². The lowest BCUT2D eigenvalue weighted by Gasteiger charge is -2.22. The lowest BCUT2D eigenvalue weighted by atomic mass is 10.2. The summed E-state index contributed by atoms with van der Waals surface area (Å²) in [5, 5.41) is 0. The van der Waals surface area contributed by atoms with E-state index in [2.05, 4.69) is 20.9 Å². The second kappa shape index (κ2) is 5.85. The van der Waals surface area contributed by atoms with E-state index >= 15 is 0 Å². The molecule has 1 aromatic heterocycles. The maximum atomic E-state index is 12.6. The topological polar surface area (TPSA) is 53.2 Å². The first-order chi connectivity index (χ1) is 10.1. The number of halogens is 1. The zero-order valence-electron chi connectivity index (χ0n) is 11.4. The minimum atomic E-state index is -0.331. The molecule has 0 unspecified atom stereocenters. The molecule has 108 valence electrons. The highest BCUT2D eigenvalue weighted by molar-refractivity contribution is 9.10. The summed E-state index contributed by atoms with van der Waals surface area (Å²) >= 11 is 3.44. The number of aromatic nitrogens is 1. The van der Waals surface area contributed by atoms with E-state index in [1.54, 1.807) is 17.0 Å². The van der Waals surface area contributed by atoms with Crippen LogP contribution < -0.4 is 5.56 Å². The molecule has 3 rings (SSSR count). The van der Waals surface area contributed by atoms with Crippen LogP contribution in [-0.4, -0.2) is 21.8 Å². The molecule has 1 fully saturated rings. The standard InChI is InChI=1S/C16H15BrN2O2/c17-12-4-1-3-11(9-12)10-19(13-6-7-13)16(21)14-5-2-8-18-15(14)20/h1-5,8-9,13H,6-7,10H2,(H,18,20). The molecule has 1 amide bonds. The molecule has 5 heteroatoms. The van der Waals surface area contributed by atoms with Crippen molar-refractivity contribution in [3.63, 3.8) is 0 Å². The van der Waals surface area contributed by atoms with E-state index in [9.17, 15) is 9.59 Å². The number of pyridine rings is 1. The fourth-order valence-electron chi connectivity index (χ4n) is 2.33. The van der Waals surface area contributed by atoms with Crippen molar-refractivity contribution in [2.45, 2.75) is 25.4 Å². The van der Waals surface area contributed by atoms with Crippen molar-refractivity contribution in [2.75, 3.05) is 0 Å². The third-order valence-electron chi connectivity index (χ3n) is 3.54. The molecular weight excluding hydrogens is 332 g/mol. The Morgan fingerprint density at radius 2 is 2.10 bits per heavy atom. The number of benzene rings is 1. The molecule has 1 heterocycles. The Labute approximate surface area is 130 Å². The van der Waals surface area contributed by atoms with Gasteiger partial charge in [-0.3, -0.25) is 9.59 Å². The average molecular weight is 347 g/mol. The number of nitrogens with one attached hydrogen (secondary N) is 1. The molecule has 2 aromatic rings. The van der Waals surface area contributed by atoms with Gasteiger partial charge in [0.25, 0.3) is 11.5 Å². The predicted octanol–water partition coefficient (Wildman–Crippen LogP) is 2.94. The molecular formula is C16H15BrN2O2. The number of carbonyl (C=O) groups excluding carboxylic acids is 1. The van der Waals surface area contributed by atoms with Gasteiger partial charge in [0.1, 0.15) is 5.56 Å². The molecule has 0 bridgehead atoms. The Morgan fingerprint density at radius 1 is 1.29 bits per heavy atom. The van der Waals surface area contributed by atoms with Crippen LogP contribution in [0.2, 0.25) is 0 Å². The van der Waals surface area contributed by atoms with Crippen molar-refractivity contribution in [3.05, 3.63) is 68.5 Å². The molecule has 4 nitrogen and oxygen atoms in total. The number of carbonyl (C=O) groups is 1. The molecule has 1 saturated carbocycles. The molecule has 21 heavy (non-hydrogen) atoms. The van der Waals surface area contributed by atoms with Crippen LogP contribution in [0.1, 0.15) is 28.8 Å². The van der Waals surface area contributed by atoms with E-state index in [0.717, 1.165) is 22.9 Å². The average Bonchev–Trinajstić information content (AvgIpc) is 3.29. The summed E-state index contributed by atoms with van der Waals surface area (Å²) in [6, 6.07) is 11.4. The minimum absolute atomic E-state index is 0.195. The number of nitrogens with zero attached hydrogens (tertiary/aromatic N) is 1. The van der Waals surface area contributed by atoms with E-state index in [1.807, 2.05) is 24.3 Å². The minimum Gasteiger partial charge on any atom is -0.331 e. The van der Waals surface area contributed by atoms with E-state index in [4.69, 9.17) is 0 Å². The van der Waals surface area contributed by atoms with Crippen LogP contribution in [0, 0.1) is 0 Å². The molecule has 0 spiro atoms. The van der Waals surface area contributed by atoms with Gasteiger partial charge in [0.05, 0.1) is 0 Å².